The van der Waals surface area contributed by atoms with Gasteiger partial charge in [-0.05, 0) is 60.1 Å². The minimum Gasteiger partial charge on any atom is -0.494 e. The van der Waals surface area contributed by atoms with Crippen LogP contribution in [0.15, 0.2) is 47.2 Å². The summed E-state index contributed by atoms with van der Waals surface area (Å²) in [5.74, 6) is -0.177. The summed E-state index contributed by atoms with van der Waals surface area (Å²) >= 11 is 3.23. The van der Waals surface area contributed by atoms with Crippen molar-refractivity contribution in [3.63, 3.8) is 0 Å². The van der Waals surface area contributed by atoms with Crippen molar-refractivity contribution in [1.82, 2.24) is 4.98 Å². The lowest BCUT2D eigenvalue weighted by Gasteiger charge is -2.12. The molecule has 0 radical (unpaired) electrons. The van der Waals surface area contributed by atoms with Gasteiger partial charge in [-0.1, -0.05) is 0 Å². The smallest absolute Gasteiger partial charge is 0.340 e. The predicted molar refractivity (Wildman–Crippen MR) is 88.8 cm³/mol. The molecule has 0 aliphatic rings. The van der Waals surface area contributed by atoms with Crippen LogP contribution >= 0.6 is 15.9 Å². The first-order chi connectivity index (χ1) is 11.0. The molecule has 120 valence electrons. The molecular weight excluding hydrogens is 362 g/mol. The Morgan fingerprint density at radius 2 is 1.87 bits per heavy atom. The number of ether oxygens (including phenoxy) is 2. The monoisotopic (exact) mass is 377 g/mol. The number of hydrogen-bond acceptors (Lipinski definition) is 5. The summed E-state index contributed by atoms with van der Waals surface area (Å²) in [6.45, 7) is 3.99. The SMILES string of the molecule is CCOc1ccc(C(=O)[C@H](C)OC(=O)c2cncc(Br)c2)cc1. The predicted octanol–water partition coefficient (Wildman–Crippen LogP) is 3.67. The standard InChI is InChI=1S/C17H16BrNO4/c1-3-22-15-6-4-12(5-7-15)16(20)11(2)23-17(21)13-8-14(18)10-19-9-13/h4-11H,3H2,1-2H3/t11-/m0/s1. The molecule has 5 nitrogen and oxygen atoms in total. The van der Waals surface area contributed by atoms with E-state index in [4.69, 9.17) is 9.47 Å². The lowest BCUT2D eigenvalue weighted by Crippen LogP contribution is -2.24. The number of benzene rings is 1. The third-order valence-electron chi connectivity index (χ3n) is 3.04. The van der Waals surface area contributed by atoms with E-state index in [-0.39, 0.29) is 11.3 Å². The Kier molecular flexibility index (Phi) is 5.87. The molecule has 6 heteroatoms. The van der Waals surface area contributed by atoms with Crippen LogP contribution in [0.2, 0.25) is 0 Å². The number of rotatable bonds is 6. The Morgan fingerprint density at radius 1 is 1.17 bits per heavy atom. The number of carbonyl (C=O) groups excluding carboxylic acids is 2. The topological polar surface area (TPSA) is 65.5 Å². The van der Waals surface area contributed by atoms with Crippen LogP contribution in [0.5, 0.6) is 5.75 Å². The lowest BCUT2D eigenvalue weighted by molar-refractivity contribution is 0.0318. The third kappa shape index (κ3) is 4.63. The van der Waals surface area contributed by atoms with E-state index in [1.165, 1.54) is 6.20 Å². The Morgan fingerprint density at radius 3 is 2.48 bits per heavy atom. The van der Waals surface area contributed by atoms with E-state index in [1.54, 1.807) is 43.5 Å². The van der Waals surface area contributed by atoms with Gasteiger partial charge in [0.15, 0.2) is 6.10 Å². The van der Waals surface area contributed by atoms with Gasteiger partial charge in [0, 0.05) is 22.4 Å². The minimum atomic E-state index is -0.889. The van der Waals surface area contributed by atoms with E-state index >= 15 is 0 Å². The molecule has 2 aromatic rings. The van der Waals surface area contributed by atoms with Gasteiger partial charge in [-0.3, -0.25) is 9.78 Å². The Hall–Kier alpha value is -2.21. The maximum atomic E-state index is 12.3. The van der Waals surface area contributed by atoms with Crippen molar-refractivity contribution >= 4 is 27.7 Å². The number of Topliss-reactive ketones (excluding diaryl/α,β-unsaturated/α-hetero) is 1. The molecule has 1 aromatic carbocycles. The number of esters is 1. The van der Waals surface area contributed by atoms with Gasteiger partial charge in [-0.25, -0.2) is 4.79 Å². The molecule has 0 unspecified atom stereocenters. The van der Waals surface area contributed by atoms with E-state index in [2.05, 4.69) is 20.9 Å². The van der Waals surface area contributed by atoms with E-state index in [1.807, 2.05) is 6.92 Å². The van der Waals surface area contributed by atoms with Gasteiger partial charge in [0.1, 0.15) is 5.75 Å². The largest absolute Gasteiger partial charge is 0.494 e. The minimum absolute atomic E-state index is 0.274. The van der Waals surface area contributed by atoms with Crippen molar-refractivity contribution in [3.8, 4) is 5.75 Å². The van der Waals surface area contributed by atoms with Crippen LogP contribution in [0.4, 0.5) is 0 Å². The van der Waals surface area contributed by atoms with Crippen LogP contribution in [0.3, 0.4) is 0 Å². The summed E-state index contributed by atoms with van der Waals surface area (Å²) in [4.78, 5) is 28.2. The van der Waals surface area contributed by atoms with Crippen LogP contribution in [0.1, 0.15) is 34.6 Å². The zero-order valence-corrected chi connectivity index (χ0v) is 14.4. The van der Waals surface area contributed by atoms with E-state index in [0.717, 1.165) is 0 Å². The molecule has 0 aliphatic heterocycles. The number of hydrogen-bond donors (Lipinski definition) is 0. The van der Waals surface area contributed by atoms with E-state index in [0.29, 0.717) is 22.4 Å². The van der Waals surface area contributed by atoms with Crippen molar-refractivity contribution in [2.75, 3.05) is 6.61 Å². The van der Waals surface area contributed by atoms with Gasteiger partial charge in [0.05, 0.1) is 12.2 Å². The number of nitrogens with zero attached hydrogens (tertiary/aromatic N) is 1. The summed E-state index contributed by atoms with van der Waals surface area (Å²) < 4.78 is 11.2. The molecule has 2 rings (SSSR count). The molecule has 0 fully saturated rings. The zero-order chi connectivity index (χ0) is 16.8. The van der Waals surface area contributed by atoms with Gasteiger partial charge < -0.3 is 9.47 Å². The van der Waals surface area contributed by atoms with Gasteiger partial charge in [0.2, 0.25) is 5.78 Å². The summed E-state index contributed by atoms with van der Waals surface area (Å²) in [5, 5.41) is 0. The fourth-order valence-corrected chi connectivity index (χ4v) is 2.29. The molecule has 1 heterocycles. The first-order valence-electron chi connectivity index (χ1n) is 7.10. The molecular formula is C17H16BrNO4. The Bertz CT molecular complexity index is 700. The average molecular weight is 378 g/mol. The molecule has 1 atom stereocenters. The second-order valence-electron chi connectivity index (χ2n) is 4.76. The zero-order valence-electron chi connectivity index (χ0n) is 12.8. The van der Waals surface area contributed by atoms with Gasteiger partial charge in [-0.2, -0.15) is 0 Å². The van der Waals surface area contributed by atoms with Crippen LogP contribution in [-0.2, 0) is 4.74 Å². The van der Waals surface area contributed by atoms with E-state index < -0.39 is 12.1 Å². The first-order valence-corrected chi connectivity index (χ1v) is 7.89. The maximum absolute atomic E-state index is 12.3. The molecule has 0 amide bonds. The highest BCUT2D eigenvalue weighted by molar-refractivity contribution is 9.10. The molecule has 0 aliphatic carbocycles. The Balaban J connectivity index is 2.03. The summed E-state index contributed by atoms with van der Waals surface area (Å²) in [6.07, 6.45) is 2.06. The highest BCUT2D eigenvalue weighted by Crippen LogP contribution is 2.16. The molecule has 0 saturated heterocycles. The van der Waals surface area contributed by atoms with Crippen molar-refractivity contribution in [3.05, 3.63) is 58.3 Å². The number of carbonyl (C=O) groups is 2. The normalized spacial score (nSPS) is 11.6. The number of pyridine rings is 1. The highest BCUT2D eigenvalue weighted by Gasteiger charge is 2.20. The first kappa shape index (κ1) is 17.1. The summed E-state index contributed by atoms with van der Waals surface area (Å²) in [7, 11) is 0. The molecule has 0 N–H and O–H groups in total. The van der Waals surface area contributed by atoms with Crippen LogP contribution in [-0.4, -0.2) is 29.4 Å². The fraction of sp³-hybridized carbons (Fsp3) is 0.235. The third-order valence-corrected chi connectivity index (χ3v) is 3.48. The van der Waals surface area contributed by atoms with Crippen LogP contribution < -0.4 is 4.74 Å². The average Bonchev–Trinajstić information content (AvgIpc) is 2.55. The number of ketones is 1. The van der Waals surface area contributed by atoms with Crippen LogP contribution in [0, 0.1) is 0 Å². The fourth-order valence-electron chi connectivity index (χ4n) is 1.92. The number of halogens is 1. The molecule has 1 aromatic heterocycles. The Labute approximate surface area is 142 Å². The van der Waals surface area contributed by atoms with Gasteiger partial charge >= 0.3 is 5.97 Å². The summed E-state index contributed by atoms with van der Waals surface area (Å²) in [5.41, 5.74) is 0.742. The molecule has 23 heavy (non-hydrogen) atoms. The van der Waals surface area contributed by atoms with Crippen molar-refractivity contribution in [2.24, 2.45) is 0 Å². The number of aromatic nitrogens is 1. The lowest BCUT2D eigenvalue weighted by atomic mass is 10.1. The second kappa shape index (κ2) is 7.87. The van der Waals surface area contributed by atoms with Crippen molar-refractivity contribution < 1.29 is 19.1 Å². The molecule has 0 bridgehead atoms. The van der Waals surface area contributed by atoms with Crippen molar-refractivity contribution in [1.29, 1.82) is 0 Å². The quantitative estimate of drug-likeness (QED) is 0.567. The van der Waals surface area contributed by atoms with Crippen LogP contribution in [0.25, 0.3) is 0 Å². The van der Waals surface area contributed by atoms with Gasteiger partial charge in [0.25, 0.3) is 0 Å². The highest BCUT2D eigenvalue weighted by atomic mass is 79.9. The maximum Gasteiger partial charge on any atom is 0.340 e. The molecule has 0 saturated carbocycles. The van der Waals surface area contributed by atoms with Gasteiger partial charge in [-0.15, -0.1) is 0 Å². The van der Waals surface area contributed by atoms with Crippen molar-refractivity contribution in [2.45, 2.75) is 20.0 Å². The van der Waals surface area contributed by atoms with E-state index in [9.17, 15) is 9.59 Å². The molecule has 0 spiro atoms. The second-order valence-corrected chi connectivity index (χ2v) is 5.68. The summed E-state index contributed by atoms with van der Waals surface area (Å²) in [6, 6.07) is 8.31.